The number of benzene rings is 1. The van der Waals surface area contributed by atoms with Gasteiger partial charge in [0, 0.05) is 41.5 Å². The second kappa shape index (κ2) is 7.18. The number of hydrogen-bond acceptors (Lipinski definition) is 5. The van der Waals surface area contributed by atoms with Gasteiger partial charge in [-0.1, -0.05) is 23.4 Å². The molecule has 130 valence electrons. The van der Waals surface area contributed by atoms with Gasteiger partial charge in [0.1, 0.15) is 0 Å². The highest BCUT2D eigenvalue weighted by atomic mass is 16.5. The summed E-state index contributed by atoms with van der Waals surface area (Å²) >= 11 is 0. The lowest BCUT2D eigenvalue weighted by Gasteiger charge is -2.02. The van der Waals surface area contributed by atoms with Gasteiger partial charge in [-0.2, -0.15) is 4.98 Å². The molecule has 0 unspecified atom stereocenters. The Labute approximate surface area is 149 Å². The molecule has 2 N–H and O–H groups in total. The van der Waals surface area contributed by atoms with E-state index in [0.29, 0.717) is 24.6 Å². The Morgan fingerprint density at radius 1 is 1.15 bits per heavy atom. The number of aryl methyl sites for hydroxylation is 1. The Morgan fingerprint density at radius 2 is 2.00 bits per heavy atom. The van der Waals surface area contributed by atoms with Crippen LogP contribution in [0.1, 0.15) is 17.9 Å². The van der Waals surface area contributed by atoms with Gasteiger partial charge >= 0.3 is 0 Å². The first-order valence-corrected chi connectivity index (χ1v) is 8.34. The molecule has 3 heterocycles. The monoisotopic (exact) mass is 347 g/mol. The maximum atomic E-state index is 12.1. The van der Waals surface area contributed by atoms with Crippen molar-refractivity contribution in [3.05, 3.63) is 66.4 Å². The van der Waals surface area contributed by atoms with Crippen LogP contribution >= 0.6 is 0 Å². The number of nitrogens with zero attached hydrogens (tertiary/aromatic N) is 3. The quantitative estimate of drug-likeness (QED) is 0.559. The number of pyridine rings is 1. The number of amides is 1. The third-order valence-corrected chi connectivity index (χ3v) is 4.14. The Balaban J connectivity index is 1.31. The molecule has 4 aromatic rings. The van der Waals surface area contributed by atoms with E-state index in [9.17, 15) is 4.79 Å². The molecule has 0 bridgehead atoms. The second-order valence-electron chi connectivity index (χ2n) is 5.88. The normalized spacial score (nSPS) is 10.9. The molecule has 3 aromatic heterocycles. The number of aromatic amines is 1. The zero-order valence-electron chi connectivity index (χ0n) is 14.0. The summed E-state index contributed by atoms with van der Waals surface area (Å²) in [6.07, 6.45) is 6.35. The first-order valence-electron chi connectivity index (χ1n) is 8.34. The van der Waals surface area contributed by atoms with Crippen LogP contribution < -0.4 is 5.32 Å². The number of rotatable bonds is 6. The lowest BCUT2D eigenvalue weighted by molar-refractivity contribution is -0.121. The number of H-pyrrole nitrogens is 1. The first kappa shape index (κ1) is 16.0. The van der Waals surface area contributed by atoms with Crippen molar-refractivity contribution in [2.45, 2.75) is 19.4 Å². The van der Waals surface area contributed by atoms with E-state index in [0.717, 1.165) is 22.0 Å². The molecule has 1 aromatic carbocycles. The van der Waals surface area contributed by atoms with Gasteiger partial charge in [-0.05, 0) is 30.2 Å². The zero-order chi connectivity index (χ0) is 17.8. The summed E-state index contributed by atoms with van der Waals surface area (Å²) in [5.74, 6) is 0.798. The van der Waals surface area contributed by atoms with Crippen LogP contribution in [-0.4, -0.2) is 26.0 Å². The van der Waals surface area contributed by atoms with Gasteiger partial charge in [-0.3, -0.25) is 9.78 Å². The van der Waals surface area contributed by atoms with E-state index in [1.54, 1.807) is 24.5 Å². The average molecular weight is 347 g/mol. The minimum Gasteiger partial charge on any atom is -0.361 e. The van der Waals surface area contributed by atoms with Crippen LogP contribution in [0.4, 0.5) is 0 Å². The molecule has 4 rings (SSSR count). The van der Waals surface area contributed by atoms with Gasteiger partial charge in [0.2, 0.25) is 17.6 Å². The van der Waals surface area contributed by atoms with Crippen LogP contribution in [0, 0.1) is 0 Å². The highest BCUT2D eigenvalue weighted by molar-refractivity contribution is 5.84. The largest absolute Gasteiger partial charge is 0.361 e. The summed E-state index contributed by atoms with van der Waals surface area (Å²) < 4.78 is 5.18. The number of para-hydroxylation sites is 1. The maximum Gasteiger partial charge on any atom is 0.246 e. The molecular formula is C19H17N5O2. The molecule has 0 fully saturated rings. The molecule has 7 nitrogen and oxygen atoms in total. The predicted molar refractivity (Wildman–Crippen MR) is 96.0 cm³/mol. The van der Waals surface area contributed by atoms with Gasteiger partial charge in [0.15, 0.2) is 0 Å². The van der Waals surface area contributed by atoms with Crippen molar-refractivity contribution in [2.24, 2.45) is 0 Å². The van der Waals surface area contributed by atoms with E-state index in [4.69, 9.17) is 4.52 Å². The van der Waals surface area contributed by atoms with Gasteiger partial charge in [-0.15, -0.1) is 0 Å². The highest BCUT2D eigenvalue weighted by Gasteiger charge is 2.11. The number of nitrogens with one attached hydrogen (secondary N) is 2. The molecule has 0 saturated carbocycles. The van der Waals surface area contributed by atoms with E-state index in [2.05, 4.69) is 31.5 Å². The predicted octanol–water partition coefficient (Wildman–Crippen LogP) is 2.86. The third-order valence-electron chi connectivity index (χ3n) is 4.14. The van der Waals surface area contributed by atoms with Gasteiger partial charge in [0.25, 0.3) is 0 Å². The lowest BCUT2D eigenvalue weighted by Crippen LogP contribution is -2.23. The second-order valence-corrected chi connectivity index (χ2v) is 5.88. The molecule has 0 saturated heterocycles. The molecule has 7 heteroatoms. The van der Waals surface area contributed by atoms with Crippen molar-refractivity contribution < 1.29 is 9.32 Å². The molecule has 0 aliphatic rings. The summed E-state index contributed by atoms with van der Waals surface area (Å²) in [6, 6.07) is 11.7. The number of carbonyl (C=O) groups is 1. The first-order chi connectivity index (χ1) is 12.8. The van der Waals surface area contributed by atoms with Gasteiger partial charge in [-0.25, -0.2) is 0 Å². The fourth-order valence-electron chi connectivity index (χ4n) is 2.79. The van der Waals surface area contributed by atoms with Crippen LogP contribution in [0.2, 0.25) is 0 Å². The van der Waals surface area contributed by atoms with Crippen molar-refractivity contribution in [3.8, 4) is 11.4 Å². The molecule has 0 aliphatic heterocycles. The minimum atomic E-state index is -0.0565. The summed E-state index contributed by atoms with van der Waals surface area (Å²) in [5, 5.41) is 7.88. The van der Waals surface area contributed by atoms with Crippen molar-refractivity contribution in [1.29, 1.82) is 0 Å². The van der Waals surface area contributed by atoms with E-state index in [1.807, 2.05) is 24.4 Å². The Kier molecular flexibility index (Phi) is 4.42. The molecule has 0 radical (unpaired) electrons. The number of fused-ring (bicyclic) bond motifs is 1. The molecular weight excluding hydrogens is 330 g/mol. The van der Waals surface area contributed by atoms with Crippen LogP contribution in [-0.2, 0) is 17.8 Å². The molecule has 0 atom stereocenters. The van der Waals surface area contributed by atoms with Crippen LogP contribution in [0.3, 0.4) is 0 Å². The fourth-order valence-corrected chi connectivity index (χ4v) is 2.79. The van der Waals surface area contributed by atoms with E-state index < -0.39 is 0 Å². The van der Waals surface area contributed by atoms with Crippen molar-refractivity contribution in [2.75, 3.05) is 0 Å². The smallest absolute Gasteiger partial charge is 0.246 e. The number of aromatic nitrogens is 4. The van der Waals surface area contributed by atoms with Gasteiger partial charge in [0.05, 0.1) is 6.54 Å². The Hall–Kier alpha value is -3.48. The topological polar surface area (TPSA) is 96.7 Å². The summed E-state index contributed by atoms with van der Waals surface area (Å²) in [6.45, 7) is 0.213. The lowest BCUT2D eigenvalue weighted by atomic mass is 10.1. The summed E-state index contributed by atoms with van der Waals surface area (Å²) in [5.41, 5.74) is 3.03. The highest BCUT2D eigenvalue weighted by Crippen LogP contribution is 2.19. The molecule has 1 amide bonds. The van der Waals surface area contributed by atoms with Crippen molar-refractivity contribution >= 4 is 16.8 Å². The average Bonchev–Trinajstić information content (AvgIpc) is 3.33. The minimum absolute atomic E-state index is 0.0565. The van der Waals surface area contributed by atoms with Crippen LogP contribution in [0.25, 0.3) is 22.3 Å². The summed E-state index contributed by atoms with van der Waals surface area (Å²) in [4.78, 5) is 23.6. The maximum absolute atomic E-state index is 12.1. The fraction of sp³-hybridized carbons (Fsp3) is 0.158. The number of carbonyl (C=O) groups excluding carboxylic acids is 1. The zero-order valence-corrected chi connectivity index (χ0v) is 14.0. The van der Waals surface area contributed by atoms with Gasteiger partial charge < -0.3 is 14.8 Å². The standard InChI is InChI=1S/C19H17N5O2/c25-17(6-5-14-11-21-16-4-2-1-3-15(14)16)22-12-18-23-19(24-26-18)13-7-9-20-10-8-13/h1-4,7-11,21H,5-6,12H2,(H,22,25). The van der Waals surface area contributed by atoms with E-state index in [1.165, 1.54) is 0 Å². The Bertz CT molecular complexity index is 1020. The van der Waals surface area contributed by atoms with E-state index in [-0.39, 0.29) is 12.5 Å². The third kappa shape index (κ3) is 3.46. The molecule has 26 heavy (non-hydrogen) atoms. The van der Waals surface area contributed by atoms with E-state index >= 15 is 0 Å². The SMILES string of the molecule is O=C(CCc1c[nH]c2ccccc12)NCc1nc(-c2ccncc2)no1. The molecule has 0 aliphatic carbocycles. The Morgan fingerprint density at radius 3 is 2.88 bits per heavy atom. The molecule has 0 spiro atoms. The van der Waals surface area contributed by atoms with Crippen molar-refractivity contribution in [3.63, 3.8) is 0 Å². The van der Waals surface area contributed by atoms with Crippen LogP contribution in [0.5, 0.6) is 0 Å². The number of hydrogen-bond donors (Lipinski definition) is 2. The van der Waals surface area contributed by atoms with Crippen molar-refractivity contribution in [1.82, 2.24) is 25.4 Å². The van der Waals surface area contributed by atoms with Crippen LogP contribution in [0.15, 0.2) is 59.5 Å². The summed E-state index contributed by atoms with van der Waals surface area (Å²) in [7, 11) is 0.